The number of aromatic amines is 1. The molecule has 1 amide bonds. The number of fused-ring (bicyclic) bond motifs is 1. The second-order valence-corrected chi connectivity index (χ2v) is 6.05. The van der Waals surface area contributed by atoms with Crippen LogP contribution in [0.25, 0.3) is 33.5 Å². The van der Waals surface area contributed by atoms with E-state index < -0.39 is 5.91 Å². The Balaban J connectivity index is 2.09. The van der Waals surface area contributed by atoms with Gasteiger partial charge in [-0.3, -0.25) is 9.89 Å². The Morgan fingerprint density at radius 1 is 1.15 bits per heavy atom. The summed E-state index contributed by atoms with van der Waals surface area (Å²) in [4.78, 5) is 24.8. The van der Waals surface area contributed by atoms with E-state index in [4.69, 9.17) is 17.2 Å². The SMILES string of the molecule is Cc1ccc2[nH]ncc2c1-c1nc(-c2cccnc2N)nc(C(N)=O)c1N. The second kappa shape index (κ2) is 6.06. The first-order valence-electron chi connectivity index (χ1n) is 8.08. The number of aromatic nitrogens is 5. The van der Waals surface area contributed by atoms with Crippen molar-refractivity contribution in [1.29, 1.82) is 0 Å². The van der Waals surface area contributed by atoms with Gasteiger partial charge in [-0.15, -0.1) is 0 Å². The van der Waals surface area contributed by atoms with Gasteiger partial charge in [0.15, 0.2) is 11.5 Å². The van der Waals surface area contributed by atoms with Crippen LogP contribution in [0.5, 0.6) is 0 Å². The number of nitrogens with two attached hydrogens (primary N) is 3. The van der Waals surface area contributed by atoms with Crippen molar-refractivity contribution in [2.75, 3.05) is 11.5 Å². The smallest absolute Gasteiger partial charge is 0.269 e. The van der Waals surface area contributed by atoms with Crippen LogP contribution in [0.1, 0.15) is 16.1 Å². The Bertz CT molecular complexity index is 1200. The molecule has 0 aliphatic heterocycles. The molecule has 0 atom stereocenters. The lowest BCUT2D eigenvalue weighted by molar-refractivity contribution is 0.0996. The van der Waals surface area contributed by atoms with Gasteiger partial charge in [-0.2, -0.15) is 5.10 Å². The molecule has 0 aliphatic carbocycles. The van der Waals surface area contributed by atoms with E-state index in [1.165, 1.54) is 0 Å². The number of amides is 1. The summed E-state index contributed by atoms with van der Waals surface area (Å²) in [5, 5.41) is 7.81. The van der Waals surface area contributed by atoms with Crippen molar-refractivity contribution in [3.63, 3.8) is 0 Å². The predicted octanol–water partition coefficient (Wildman–Crippen LogP) is 1.65. The molecule has 134 valence electrons. The first-order chi connectivity index (χ1) is 13.0. The summed E-state index contributed by atoms with van der Waals surface area (Å²) < 4.78 is 0. The molecule has 7 N–H and O–H groups in total. The normalized spacial score (nSPS) is 11.0. The summed E-state index contributed by atoms with van der Waals surface area (Å²) >= 11 is 0. The molecule has 9 heteroatoms. The number of carbonyl (C=O) groups is 1. The highest BCUT2D eigenvalue weighted by Crippen LogP contribution is 2.36. The predicted molar refractivity (Wildman–Crippen MR) is 102 cm³/mol. The molecule has 4 rings (SSSR count). The zero-order chi connectivity index (χ0) is 19.1. The molecule has 0 aliphatic rings. The van der Waals surface area contributed by atoms with Gasteiger partial charge < -0.3 is 17.2 Å². The van der Waals surface area contributed by atoms with Crippen molar-refractivity contribution in [3.8, 4) is 22.6 Å². The van der Waals surface area contributed by atoms with Crippen LogP contribution in [0.4, 0.5) is 11.5 Å². The average Bonchev–Trinajstić information content (AvgIpc) is 3.11. The lowest BCUT2D eigenvalue weighted by atomic mass is 9.99. The van der Waals surface area contributed by atoms with Crippen molar-refractivity contribution in [2.24, 2.45) is 5.73 Å². The van der Waals surface area contributed by atoms with Gasteiger partial charge >= 0.3 is 0 Å². The molecule has 0 spiro atoms. The van der Waals surface area contributed by atoms with Gasteiger partial charge in [0.2, 0.25) is 0 Å². The van der Waals surface area contributed by atoms with Gasteiger partial charge in [0, 0.05) is 17.1 Å². The maximum Gasteiger partial charge on any atom is 0.269 e. The third-order valence-corrected chi connectivity index (χ3v) is 4.33. The Morgan fingerprint density at radius 3 is 2.70 bits per heavy atom. The van der Waals surface area contributed by atoms with Crippen molar-refractivity contribution < 1.29 is 4.79 Å². The van der Waals surface area contributed by atoms with Crippen LogP contribution >= 0.6 is 0 Å². The fourth-order valence-corrected chi connectivity index (χ4v) is 3.02. The van der Waals surface area contributed by atoms with Crippen LogP contribution in [0.3, 0.4) is 0 Å². The van der Waals surface area contributed by atoms with Gasteiger partial charge in [0.25, 0.3) is 5.91 Å². The molecule has 9 nitrogen and oxygen atoms in total. The van der Waals surface area contributed by atoms with Crippen molar-refractivity contribution in [3.05, 3.63) is 47.9 Å². The van der Waals surface area contributed by atoms with Crippen LogP contribution in [-0.4, -0.2) is 31.1 Å². The van der Waals surface area contributed by atoms with Gasteiger partial charge in [-0.1, -0.05) is 6.07 Å². The maximum absolute atomic E-state index is 12.0. The van der Waals surface area contributed by atoms with Gasteiger partial charge in [0.1, 0.15) is 5.82 Å². The fourth-order valence-electron chi connectivity index (χ4n) is 3.02. The van der Waals surface area contributed by atoms with Gasteiger partial charge in [-0.05, 0) is 30.7 Å². The monoisotopic (exact) mass is 360 g/mol. The molecule has 0 saturated carbocycles. The van der Waals surface area contributed by atoms with Crippen LogP contribution in [0, 0.1) is 6.92 Å². The number of H-pyrrole nitrogens is 1. The number of pyridine rings is 1. The number of nitrogens with zero attached hydrogens (tertiary/aromatic N) is 4. The van der Waals surface area contributed by atoms with Crippen molar-refractivity contribution >= 4 is 28.3 Å². The summed E-state index contributed by atoms with van der Waals surface area (Å²) in [6.07, 6.45) is 3.24. The number of anilines is 2. The van der Waals surface area contributed by atoms with E-state index in [1.807, 2.05) is 19.1 Å². The topological polar surface area (TPSA) is 162 Å². The Labute approximate surface area is 153 Å². The molecule has 3 heterocycles. The highest BCUT2D eigenvalue weighted by Gasteiger charge is 2.22. The summed E-state index contributed by atoms with van der Waals surface area (Å²) in [5.74, 6) is -0.294. The lowest BCUT2D eigenvalue weighted by Gasteiger charge is -2.14. The summed E-state index contributed by atoms with van der Waals surface area (Å²) in [6.45, 7) is 1.92. The third kappa shape index (κ3) is 2.61. The second-order valence-electron chi connectivity index (χ2n) is 6.05. The Kier molecular flexibility index (Phi) is 3.69. The third-order valence-electron chi connectivity index (χ3n) is 4.33. The molecule has 27 heavy (non-hydrogen) atoms. The van der Waals surface area contributed by atoms with E-state index in [-0.39, 0.29) is 23.0 Å². The van der Waals surface area contributed by atoms with E-state index in [2.05, 4.69) is 25.1 Å². The first kappa shape index (κ1) is 16.5. The highest BCUT2D eigenvalue weighted by atomic mass is 16.1. The number of primary amides is 1. The van der Waals surface area contributed by atoms with E-state index in [0.717, 1.165) is 22.0 Å². The van der Waals surface area contributed by atoms with Crippen molar-refractivity contribution in [2.45, 2.75) is 6.92 Å². The zero-order valence-corrected chi connectivity index (χ0v) is 14.4. The molecule has 3 aromatic heterocycles. The summed E-state index contributed by atoms with van der Waals surface area (Å²) in [7, 11) is 0. The molecule has 1 aromatic carbocycles. The van der Waals surface area contributed by atoms with Crippen molar-refractivity contribution in [1.82, 2.24) is 25.1 Å². The largest absolute Gasteiger partial charge is 0.395 e. The van der Waals surface area contributed by atoms with Gasteiger partial charge in [0.05, 0.1) is 28.7 Å². The Morgan fingerprint density at radius 2 is 1.96 bits per heavy atom. The molecule has 0 unspecified atom stereocenters. The first-order valence-corrected chi connectivity index (χ1v) is 8.08. The standard InChI is InChI=1S/C18H16N8O/c1-8-4-5-11-10(7-23-26-11)12(8)14-13(19)15(17(21)27)25-18(24-14)9-3-2-6-22-16(9)20/h2-7H,19H2,1H3,(H2,20,22)(H2,21,27)(H,23,26). The molecule has 0 bridgehead atoms. The van der Waals surface area contributed by atoms with Gasteiger partial charge in [-0.25, -0.2) is 15.0 Å². The summed E-state index contributed by atoms with van der Waals surface area (Å²) in [6, 6.07) is 7.25. The van der Waals surface area contributed by atoms with E-state index in [1.54, 1.807) is 24.5 Å². The zero-order valence-electron chi connectivity index (χ0n) is 14.4. The average molecular weight is 360 g/mol. The van der Waals surface area contributed by atoms with E-state index >= 15 is 0 Å². The minimum absolute atomic E-state index is 0.0712. The number of hydrogen-bond acceptors (Lipinski definition) is 7. The van der Waals surface area contributed by atoms with Crippen LogP contribution in [0.15, 0.2) is 36.7 Å². The minimum atomic E-state index is -0.753. The quantitative estimate of drug-likeness (QED) is 0.431. The molecule has 0 saturated heterocycles. The molecular weight excluding hydrogens is 344 g/mol. The number of hydrogen-bond donors (Lipinski definition) is 4. The van der Waals surface area contributed by atoms with Crippen LogP contribution < -0.4 is 17.2 Å². The number of aryl methyl sites for hydroxylation is 1. The lowest BCUT2D eigenvalue weighted by Crippen LogP contribution is -2.18. The van der Waals surface area contributed by atoms with E-state index in [9.17, 15) is 4.79 Å². The minimum Gasteiger partial charge on any atom is -0.395 e. The fraction of sp³-hybridized carbons (Fsp3) is 0.0556. The Hall–Kier alpha value is -4.01. The maximum atomic E-state index is 12.0. The number of nitrogen functional groups attached to an aromatic ring is 2. The van der Waals surface area contributed by atoms with Crippen LogP contribution in [0.2, 0.25) is 0 Å². The summed E-state index contributed by atoms with van der Waals surface area (Å²) in [5.41, 5.74) is 21.1. The number of benzene rings is 1. The molecular formula is C18H16N8O. The molecule has 0 fully saturated rings. The van der Waals surface area contributed by atoms with E-state index in [0.29, 0.717) is 11.3 Å². The van der Waals surface area contributed by atoms with Crippen LogP contribution in [-0.2, 0) is 0 Å². The molecule has 0 radical (unpaired) electrons. The molecule has 4 aromatic rings. The number of nitrogens with one attached hydrogen (secondary N) is 1. The number of rotatable bonds is 3. The highest BCUT2D eigenvalue weighted by molar-refractivity contribution is 6.04. The number of carbonyl (C=O) groups excluding carboxylic acids is 1.